The van der Waals surface area contributed by atoms with E-state index in [9.17, 15) is 9.59 Å². The van der Waals surface area contributed by atoms with E-state index in [1.807, 2.05) is 23.1 Å². The zero-order valence-corrected chi connectivity index (χ0v) is 14.2. The van der Waals surface area contributed by atoms with Gasteiger partial charge in [0.1, 0.15) is 0 Å². The minimum atomic E-state index is -0.137. The molecule has 3 rings (SSSR count). The van der Waals surface area contributed by atoms with Gasteiger partial charge in [0.05, 0.1) is 12.5 Å². The van der Waals surface area contributed by atoms with Crippen molar-refractivity contribution in [3.8, 4) is 0 Å². The molecule has 0 aromatic heterocycles. The van der Waals surface area contributed by atoms with E-state index in [0.29, 0.717) is 18.9 Å². The number of nitrogens with one attached hydrogen (secondary N) is 2. The van der Waals surface area contributed by atoms with Crippen LogP contribution in [0.5, 0.6) is 0 Å². The van der Waals surface area contributed by atoms with Crippen molar-refractivity contribution in [2.24, 2.45) is 5.92 Å². The van der Waals surface area contributed by atoms with Crippen LogP contribution in [-0.2, 0) is 16.0 Å². The van der Waals surface area contributed by atoms with Crippen LogP contribution in [-0.4, -0.2) is 42.9 Å². The summed E-state index contributed by atoms with van der Waals surface area (Å²) in [6.07, 6.45) is 1.21. The Hall–Kier alpha value is -1.59. The summed E-state index contributed by atoms with van der Waals surface area (Å²) in [5.41, 5.74) is 2.37. The fourth-order valence-corrected chi connectivity index (χ4v) is 3.25. The number of halogens is 1. The maximum atomic E-state index is 12.3. The summed E-state index contributed by atoms with van der Waals surface area (Å²) in [6.45, 7) is 4.95. The summed E-state index contributed by atoms with van der Waals surface area (Å²) in [4.78, 5) is 26.0. The molecule has 5 nitrogen and oxygen atoms in total. The normalized spacial score (nSPS) is 20.0. The highest BCUT2D eigenvalue weighted by atomic mass is 35.5. The Morgan fingerprint density at radius 1 is 1.30 bits per heavy atom. The van der Waals surface area contributed by atoms with Gasteiger partial charge in [0.2, 0.25) is 11.8 Å². The molecule has 23 heavy (non-hydrogen) atoms. The van der Waals surface area contributed by atoms with Crippen LogP contribution in [0.15, 0.2) is 24.3 Å². The summed E-state index contributed by atoms with van der Waals surface area (Å²) in [6, 6.07) is 7.99. The third-order valence-corrected chi connectivity index (χ3v) is 4.65. The number of hydrogen-bond acceptors (Lipinski definition) is 3. The van der Waals surface area contributed by atoms with Crippen molar-refractivity contribution in [1.29, 1.82) is 0 Å². The van der Waals surface area contributed by atoms with Crippen LogP contribution in [0.2, 0.25) is 0 Å². The van der Waals surface area contributed by atoms with E-state index in [4.69, 9.17) is 0 Å². The Labute approximate surface area is 143 Å². The van der Waals surface area contributed by atoms with Gasteiger partial charge in [-0.2, -0.15) is 0 Å². The maximum Gasteiger partial charge on any atom is 0.222 e. The quantitative estimate of drug-likeness (QED) is 0.870. The van der Waals surface area contributed by atoms with Crippen molar-refractivity contribution in [2.75, 3.05) is 26.2 Å². The molecule has 0 saturated carbocycles. The van der Waals surface area contributed by atoms with Crippen LogP contribution < -0.4 is 10.6 Å². The maximum absolute atomic E-state index is 12.3. The number of amides is 2. The van der Waals surface area contributed by atoms with Crippen molar-refractivity contribution >= 4 is 24.2 Å². The van der Waals surface area contributed by atoms with Crippen LogP contribution in [0.3, 0.4) is 0 Å². The Bertz CT molecular complexity index is 575. The zero-order chi connectivity index (χ0) is 15.5. The Morgan fingerprint density at radius 2 is 2.04 bits per heavy atom. The standard InChI is InChI=1S/C17H23N3O2.ClH/c1-12(21)20-7-6-14-4-2-3-5-15(14)16(20)8-17(22)19-11-13-9-18-10-13;/h2-5,13,16,18H,6-11H2,1H3,(H,19,22);1H. The summed E-state index contributed by atoms with van der Waals surface area (Å²) in [7, 11) is 0. The predicted octanol–water partition coefficient (Wildman–Crippen LogP) is 1.28. The second-order valence-electron chi connectivity index (χ2n) is 6.21. The van der Waals surface area contributed by atoms with Gasteiger partial charge in [-0.1, -0.05) is 24.3 Å². The molecule has 0 spiro atoms. The first kappa shape index (κ1) is 17.8. The van der Waals surface area contributed by atoms with Crippen molar-refractivity contribution in [3.05, 3.63) is 35.4 Å². The van der Waals surface area contributed by atoms with E-state index in [0.717, 1.165) is 31.6 Å². The molecule has 0 radical (unpaired) electrons. The molecule has 2 N–H and O–H groups in total. The van der Waals surface area contributed by atoms with Crippen molar-refractivity contribution < 1.29 is 9.59 Å². The number of rotatable bonds is 4. The first-order valence-electron chi connectivity index (χ1n) is 7.97. The summed E-state index contributed by atoms with van der Waals surface area (Å²) >= 11 is 0. The van der Waals surface area contributed by atoms with Gasteiger partial charge in [-0.05, 0) is 17.5 Å². The van der Waals surface area contributed by atoms with Crippen molar-refractivity contribution in [3.63, 3.8) is 0 Å². The molecule has 1 saturated heterocycles. The van der Waals surface area contributed by atoms with E-state index >= 15 is 0 Å². The number of fused-ring (bicyclic) bond motifs is 1. The Kier molecular flexibility index (Phi) is 6.02. The number of carbonyl (C=O) groups is 2. The highest BCUT2D eigenvalue weighted by molar-refractivity contribution is 5.85. The molecule has 2 amide bonds. The molecule has 2 heterocycles. The molecule has 1 unspecified atom stereocenters. The molecule has 2 aliphatic rings. The molecule has 6 heteroatoms. The molecular formula is C17H24ClN3O2. The van der Waals surface area contributed by atoms with Gasteiger partial charge in [0, 0.05) is 39.0 Å². The molecule has 1 fully saturated rings. The summed E-state index contributed by atoms with van der Waals surface area (Å²) in [5.74, 6) is 0.613. The zero-order valence-electron chi connectivity index (χ0n) is 13.4. The molecule has 0 bridgehead atoms. The fourth-order valence-electron chi connectivity index (χ4n) is 3.25. The number of carbonyl (C=O) groups excluding carboxylic acids is 2. The molecule has 1 aromatic rings. The second kappa shape index (κ2) is 7.79. The second-order valence-corrected chi connectivity index (χ2v) is 6.21. The van der Waals surface area contributed by atoms with Crippen LogP contribution in [0.25, 0.3) is 0 Å². The monoisotopic (exact) mass is 337 g/mol. The molecule has 0 aliphatic carbocycles. The van der Waals surface area contributed by atoms with Crippen LogP contribution in [0.4, 0.5) is 0 Å². The van der Waals surface area contributed by atoms with Gasteiger partial charge in [0.15, 0.2) is 0 Å². The fraction of sp³-hybridized carbons (Fsp3) is 0.529. The van der Waals surface area contributed by atoms with Gasteiger partial charge in [-0.3, -0.25) is 9.59 Å². The predicted molar refractivity (Wildman–Crippen MR) is 91.5 cm³/mol. The smallest absolute Gasteiger partial charge is 0.222 e. The highest BCUT2D eigenvalue weighted by Crippen LogP contribution is 2.32. The third kappa shape index (κ3) is 4.03. The van der Waals surface area contributed by atoms with Crippen LogP contribution in [0.1, 0.15) is 30.5 Å². The molecule has 1 aromatic carbocycles. The molecular weight excluding hydrogens is 314 g/mol. The average Bonchev–Trinajstić information content (AvgIpc) is 2.45. The van der Waals surface area contributed by atoms with Gasteiger partial charge in [0.25, 0.3) is 0 Å². The Morgan fingerprint density at radius 3 is 2.70 bits per heavy atom. The van der Waals surface area contributed by atoms with E-state index in [2.05, 4.69) is 16.7 Å². The molecule has 2 aliphatic heterocycles. The minimum absolute atomic E-state index is 0. The number of nitrogens with zero attached hydrogens (tertiary/aromatic N) is 1. The van der Waals surface area contributed by atoms with E-state index in [-0.39, 0.29) is 30.3 Å². The van der Waals surface area contributed by atoms with Gasteiger partial charge in [-0.25, -0.2) is 0 Å². The largest absolute Gasteiger partial charge is 0.356 e. The summed E-state index contributed by atoms with van der Waals surface area (Å²) in [5, 5.41) is 6.20. The van der Waals surface area contributed by atoms with E-state index < -0.39 is 0 Å². The Balaban J connectivity index is 0.00000192. The lowest BCUT2D eigenvalue weighted by molar-refractivity contribution is -0.133. The average molecular weight is 338 g/mol. The van der Waals surface area contributed by atoms with E-state index in [1.54, 1.807) is 6.92 Å². The lowest BCUT2D eigenvalue weighted by Crippen LogP contribution is -2.48. The van der Waals surface area contributed by atoms with Crippen LogP contribution >= 0.6 is 12.4 Å². The topological polar surface area (TPSA) is 61.4 Å². The van der Waals surface area contributed by atoms with Gasteiger partial charge >= 0.3 is 0 Å². The SMILES string of the molecule is CC(=O)N1CCc2ccccc2C1CC(=O)NCC1CNC1.Cl. The third-order valence-electron chi connectivity index (χ3n) is 4.65. The van der Waals surface area contributed by atoms with Crippen molar-refractivity contribution in [1.82, 2.24) is 15.5 Å². The van der Waals surface area contributed by atoms with Gasteiger partial charge < -0.3 is 15.5 Å². The summed E-state index contributed by atoms with van der Waals surface area (Å²) < 4.78 is 0. The molecule has 126 valence electrons. The van der Waals surface area contributed by atoms with E-state index in [1.165, 1.54) is 5.56 Å². The molecule has 1 atom stereocenters. The number of hydrogen-bond donors (Lipinski definition) is 2. The first-order valence-corrected chi connectivity index (χ1v) is 7.97. The van der Waals surface area contributed by atoms with Crippen molar-refractivity contribution in [2.45, 2.75) is 25.8 Å². The number of benzene rings is 1. The highest BCUT2D eigenvalue weighted by Gasteiger charge is 2.30. The lowest BCUT2D eigenvalue weighted by atomic mass is 9.90. The first-order chi connectivity index (χ1) is 10.6. The lowest BCUT2D eigenvalue weighted by Gasteiger charge is -2.36. The minimum Gasteiger partial charge on any atom is -0.356 e. The van der Waals surface area contributed by atoms with Crippen LogP contribution in [0, 0.1) is 5.92 Å². The van der Waals surface area contributed by atoms with Gasteiger partial charge in [-0.15, -0.1) is 12.4 Å².